The number of benzene rings is 2. The number of halogens is 1. The molecule has 1 unspecified atom stereocenters. The van der Waals surface area contributed by atoms with Crippen molar-refractivity contribution in [2.24, 2.45) is 5.92 Å². The van der Waals surface area contributed by atoms with Crippen molar-refractivity contribution in [1.29, 1.82) is 0 Å². The van der Waals surface area contributed by atoms with Gasteiger partial charge in [-0.15, -0.1) is 0 Å². The molecule has 0 saturated carbocycles. The van der Waals surface area contributed by atoms with Gasteiger partial charge < -0.3 is 14.6 Å². The molecule has 1 fully saturated rings. The Hall–Kier alpha value is -3.26. The number of imide groups is 1. The highest BCUT2D eigenvalue weighted by Gasteiger charge is 2.43. The molecule has 1 aliphatic heterocycles. The second-order valence-corrected chi connectivity index (χ2v) is 7.18. The van der Waals surface area contributed by atoms with E-state index in [2.05, 4.69) is 0 Å². The van der Waals surface area contributed by atoms with Gasteiger partial charge >= 0.3 is 12.0 Å². The summed E-state index contributed by atoms with van der Waals surface area (Å²) in [5, 5.41) is 10.1. The minimum absolute atomic E-state index is 0.0857. The molecule has 2 aromatic rings. The van der Waals surface area contributed by atoms with E-state index in [1.165, 1.54) is 19.1 Å². The average Bonchev–Trinajstić information content (AvgIpc) is 2.73. The molecule has 1 atom stereocenters. The van der Waals surface area contributed by atoms with Crippen LogP contribution in [0.1, 0.15) is 11.1 Å². The van der Waals surface area contributed by atoms with Crippen LogP contribution in [0.3, 0.4) is 0 Å². The number of ether oxygens (including phenoxy) is 2. The van der Waals surface area contributed by atoms with Gasteiger partial charge in [0.1, 0.15) is 0 Å². The zero-order valence-corrected chi connectivity index (χ0v) is 17.5. The lowest BCUT2D eigenvalue weighted by Gasteiger charge is -2.37. The summed E-state index contributed by atoms with van der Waals surface area (Å²) in [6, 6.07) is 9.32. The Bertz CT molecular complexity index is 1010. The van der Waals surface area contributed by atoms with Crippen LogP contribution in [0, 0.1) is 12.8 Å². The van der Waals surface area contributed by atoms with Crippen LogP contribution in [0.15, 0.2) is 36.4 Å². The number of amides is 3. The van der Waals surface area contributed by atoms with E-state index in [1.807, 2.05) is 0 Å². The van der Waals surface area contributed by atoms with E-state index in [-0.39, 0.29) is 13.1 Å². The van der Waals surface area contributed by atoms with Gasteiger partial charge in [0, 0.05) is 23.3 Å². The van der Waals surface area contributed by atoms with E-state index in [9.17, 15) is 19.5 Å². The molecule has 0 radical (unpaired) electrons. The predicted octanol–water partition coefficient (Wildman–Crippen LogP) is 3.34. The molecule has 1 N–H and O–H groups in total. The molecule has 0 bridgehead atoms. The number of urea groups is 1. The third kappa shape index (κ3) is 3.91. The fraction of sp³-hybridized carbons (Fsp3) is 0.286. The zero-order chi connectivity index (χ0) is 22.0. The highest BCUT2D eigenvalue weighted by atomic mass is 35.5. The third-order valence-corrected chi connectivity index (χ3v) is 5.49. The zero-order valence-electron chi connectivity index (χ0n) is 16.7. The van der Waals surface area contributed by atoms with E-state index in [4.69, 9.17) is 21.1 Å². The van der Waals surface area contributed by atoms with Gasteiger partial charge in [-0.2, -0.15) is 0 Å². The Kier molecular flexibility index (Phi) is 6.17. The van der Waals surface area contributed by atoms with Crippen LogP contribution >= 0.6 is 11.6 Å². The molecule has 1 aliphatic rings. The molecule has 1 saturated heterocycles. The summed E-state index contributed by atoms with van der Waals surface area (Å²) in [6.07, 6.45) is 0. The van der Waals surface area contributed by atoms with Crippen molar-refractivity contribution >= 4 is 35.2 Å². The first-order valence-electron chi connectivity index (χ1n) is 9.10. The maximum absolute atomic E-state index is 13.2. The Morgan fingerprint density at radius 1 is 1.17 bits per heavy atom. The lowest BCUT2D eigenvalue weighted by Crippen LogP contribution is -2.58. The summed E-state index contributed by atoms with van der Waals surface area (Å²) in [5.74, 6) is -2.61. The van der Waals surface area contributed by atoms with Gasteiger partial charge in [0.05, 0.1) is 20.8 Å². The van der Waals surface area contributed by atoms with Gasteiger partial charge in [-0.05, 0) is 36.2 Å². The van der Waals surface area contributed by atoms with Crippen LogP contribution in [-0.2, 0) is 16.1 Å². The Labute approximate surface area is 178 Å². The van der Waals surface area contributed by atoms with Crippen molar-refractivity contribution in [3.63, 3.8) is 0 Å². The fourth-order valence-electron chi connectivity index (χ4n) is 3.30. The van der Waals surface area contributed by atoms with Gasteiger partial charge in [0.25, 0.3) is 0 Å². The molecule has 30 heavy (non-hydrogen) atoms. The van der Waals surface area contributed by atoms with Crippen LogP contribution in [0.2, 0.25) is 5.02 Å². The largest absolute Gasteiger partial charge is 0.493 e. The number of anilines is 1. The summed E-state index contributed by atoms with van der Waals surface area (Å²) >= 11 is 6.15. The first-order chi connectivity index (χ1) is 14.3. The summed E-state index contributed by atoms with van der Waals surface area (Å²) in [7, 11) is 2.94. The van der Waals surface area contributed by atoms with E-state index in [0.29, 0.717) is 27.8 Å². The van der Waals surface area contributed by atoms with Crippen molar-refractivity contribution in [1.82, 2.24) is 4.90 Å². The van der Waals surface area contributed by atoms with Crippen LogP contribution < -0.4 is 14.4 Å². The lowest BCUT2D eigenvalue weighted by atomic mass is 10.0. The van der Waals surface area contributed by atoms with Crippen LogP contribution in [0.5, 0.6) is 11.5 Å². The first kappa shape index (κ1) is 21.4. The lowest BCUT2D eigenvalue weighted by molar-refractivity contribution is -0.150. The molecule has 3 rings (SSSR count). The van der Waals surface area contributed by atoms with Crippen LogP contribution in [-0.4, -0.2) is 48.7 Å². The predicted molar refractivity (Wildman–Crippen MR) is 110 cm³/mol. The van der Waals surface area contributed by atoms with Crippen molar-refractivity contribution in [2.45, 2.75) is 13.5 Å². The molecule has 158 valence electrons. The average molecular weight is 433 g/mol. The van der Waals surface area contributed by atoms with Gasteiger partial charge in [-0.3, -0.25) is 19.4 Å². The molecule has 9 heteroatoms. The molecular weight excluding hydrogens is 412 g/mol. The number of carbonyl (C=O) groups is 3. The number of carboxylic acid groups (broad SMARTS) is 1. The molecule has 0 aromatic heterocycles. The monoisotopic (exact) mass is 432 g/mol. The molecule has 1 heterocycles. The highest BCUT2D eigenvalue weighted by Crippen LogP contribution is 2.34. The number of aliphatic carboxylic acids is 1. The van der Waals surface area contributed by atoms with Crippen molar-refractivity contribution < 1.29 is 29.0 Å². The standard InChI is InChI=1S/C21H21ClN2O6/c1-12-13(5-4-6-16(12)22)10-24-19(25)15(20(26)27)11-23(21(24)28)14-7-8-17(29-2)18(9-14)30-3/h4-9,15H,10-11H2,1-3H3,(H,26,27). The number of carbonyl (C=O) groups excluding carboxylic acids is 2. The van der Waals surface area contributed by atoms with Gasteiger partial charge in [0.15, 0.2) is 17.4 Å². The normalized spacial score (nSPS) is 16.6. The van der Waals surface area contributed by atoms with Gasteiger partial charge in [-0.1, -0.05) is 23.7 Å². The van der Waals surface area contributed by atoms with E-state index in [0.717, 1.165) is 10.5 Å². The summed E-state index contributed by atoms with van der Waals surface area (Å²) in [6.45, 7) is 1.41. The maximum Gasteiger partial charge on any atom is 0.331 e. The number of hydrogen-bond donors (Lipinski definition) is 1. The third-order valence-electron chi connectivity index (χ3n) is 5.08. The van der Waals surface area contributed by atoms with E-state index < -0.39 is 23.8 Å². The Morgan fingerprint density at radius 3 is 2.50 bits per heavy atom. The van der Waals surface area contributed by atoms with E-state index >= 15 is 0 Å². The number of nitrogens with zero attached hydrogens (tertiary/aromatic N) is 2. The topological polar surface area (TPSA) is 96.4 Å². The Morgan fingerprint density at radius 2 is 1.87 bits per heavy atom. The minimum Gasteiger partial charge on any atom is -0.493 e. The second-order valence-electron chi connectivity index (χ2n) is 6.77. The fourth-order valence-corrected chi connectivity index (χ4v) is 3.49. The smallest absolute Gasteiger partial charge is 0.331 e. The summed E-state index contributed by atoms with van der Waals surface area (Å²) in [4.78, 5) is 39.9. The SMILES string of the molecule is COc1ccc(N2CC(C(=O)O)C(=O)N(Cc3cccc(Cl)c3C)C2=O)cc1OC. The molecule has 8 nitrogen and oxygen atoms in total. The number of rotatable bonds is 6. The van der Waals surface area contributed by atoms with Gasteiger partial charge in [0.2, 0.25) is 5.91 Å². The molecular formula is C21H21ClN2O6. The molecule has 3 amide bonds. The quantitative estimate of drug-likeness (QED) is 0.703. The maximum atomic E-state index is 13.2. The Balaban J connectivity index is 2.01. The number of methoxy groups -OCH3 is 2. The highest BCUT2D eigenvalue weighted by molar-refractivity contribution is 6.31. The van der Waals surface area contributed by atoms with Gasteiger partial charge in [-0.25, -0.2) is 4.79 Å². The first-order valence-corrected chi connectivity index (χ1v) is 9.48. The minimum atomic E-state index is -1.39. The molecule has 0 aliphatic carbocycles. The van der Waals surface area contributed by atoms with Crippen LogP contribution in [0.4, 0.5) is 10.5 Å². The summed E-state index contributed by atoms with van der Waals surface area (Å²) in [5.41, 5.74) is 1.77. The van der Waals surface area contributed by atoms with Crippen molar-refractivity contribution in [3.8, 4) is 11.5 Å². The number of carboxylic acids is 1. The van der Waals surface area contributed by atoms with Crippen molar-refractivity contribution in [2.75, 3.05) is 25.7 Å². The van der Waals surface area contributed by atoms with Crippen LogP contribution in [0.25, 0.3) is 0 Å². The summed E-state index contributed by atoms with van der Waals surface area (Å²) < 4.78 is 10.5. The molecule has 0 spiro atoms. The number of hydrogen-bond acceptors (Lipinski definition) is 5. The molecule has 2 aromatic carbocycles. The van der Waals surface area contributed by atoms with E-state index in [1.54, 1.807) is 43.3 Å². The van der Waals surface area contributed by atoms with Crippen molar-refractivity contribution in [3.05, 3.63) is 52.5 Å². The second kappa shape index (κ2) is 8.62.